The van der Waals surface area contributed by atoms with Gasteiger partial charge in [-0.15, -0.1) is 0 Å². The zero-order valence-electron chi connectivity index (χ0n) is 14.5. The number of hydrogen-bond donors (Lipinski definition) is 2. The van der Waals surface area contributed by atoms with Crippen LogP contribution in [0.15, 0.2) is 48.5 Å². The number of nitro benzene ring substituents is 1. The summed E-state index contributed by atoms with van der Waals surface area (Å²) in [5, 5.41) is 31.0. The molecule has 0 aromatic heterocycles. The molecule has 9 heteroatoms. The molecule has 0 bridgehead atoms. The Balaban J connectivity index is 2.07. The molecule has 2 aromatic carbocycles. The molecule has 1 atom stereocenters. The third kappa shape index (κ3) is 5.22. The van der Waals surface area contributed by atoms with Gasteiger partial charge in [0.1, 0.15) is 0 Å². The van der Waals surface area contributed by atoms with Crippen molar-refractivity contribution in [2.75, 3.05) is 5.32 Å². The number of nitrogens with one attached hydrogen (secondary N) is 1. The van der Waals surface area contributed by atoms with Crippen LogP contribution in [0.1, 0.15) is 33.6 Å². The van der Waals surface area contributed by atoms with Gasteiger partial charge in [-0.1, -0.05) is 0 Å². The van der Waals surface area contributed by atoms with E-state index in [1.165, 1.54) is 48.5 Å². The summed E-state index contributed by atoms with van der Waals surface area (Å²) in [6, 6.07) is 12.3. The number of ketones is 1. The van der Waals surface area contributed by atoms with Crippen molar-refractivity contribution in [3.05, 3.63) is 69.8 Å². The summed E-state index contributed by atoms with van der Waals surface area (Å²) in [5.74, 6) is -3.01. The number of carboxylic acids is 1. The highest BCUT2D eigenvalue weighted by Crippen LogP contribution is 2.19. The predicted molar refractivity (Wildman–Crippen MR) is 97.8 cm³/mol. The van der Waals surface area contributed by atoms with Crippen LogP contribution in [0.3, 0.4) is 0 Å². The van der Waals surface area contributed by atoms with Crippen molar-refractivity contribution in [3.8, 4) is 6.07 Å². The van der Waals surface area contributed by atoms with Gasteiger partial charge in [-0.3, -0.25) is 19.7 Å². The van der Waals surface area contributed by atoms with Gasteiger partial charge in [0.15, 0.2) is 5.78 Å². The molecule has 0 saturated carbocycles. The minimum atomic E-state index is -1.10. The van der Waals surface area contributed by atoms with Gasteiger partial charge in [0.25, 0.3) is 5.69 Å². The number of benzene rings is 2. The summed E-state index contributed by atoms with van der Waals surface area (Å²) in [7, 11) is 0. The van der Waals surface area contributed by atoms with Crippen LogP contribution in [-0.2, 0) is 4.79 Å². The molecule has 9 nitrogen and oxygen atoms in total. The molecule has 1 unspecified atom stereocenters. The van der Waals surface area contributed by atoms with Gasteiger partial charge in [-0.25, -0.2) is 4.79 Å². The maximum atomic E-state index is 12.4. The molecule has 0 aliphatic heterocycles. The van der Waals surface area contributed by atoms with Crippen molar-refractivity contribution in [1.29, 1.82) is 5.26 Å². The van der Waals surface area contributed by atoms with Crippen molar-refractivity contribution < 1.29 is 24.4 Å². The van der Waals surface area contributed by atoms with Gasteiger partial charge in [0.05, 0.1) is 22.5 Å². The fourth-order valence-corrected chi connectivity index (χ4v) is 2.42. The van der Waals surface area contributed by atoms with Crippen molar-refractivity contribution in [2.45, 2.75) is 12.8 Å². The first kappa shape index (κ1) is 20.3. The number of rotatable bonds is 8. The molecule has 0 heterocycles. The Morgan fingerprint density at radius 1 is 1.07 bits per heavy atom. The third-order valence-corrected chi connectivity index (χ3v) is 3.94. The van der Waals surface area contributed by atoms with E-state index in [2.05, 4.69) is 5.32 Å². The molecular weight excluding hydrogens is 366 g/mol. The second kappa shape index (κ2) is 9.05. The lowest BCUT2D eigenvalue weighted by Gasteiger charge is -2.13. The molecule has 2 aromatic rings. The van der Waals surface area contributed by atoms with E-state index in [1.54, 1.807) is 0 Å². The van der Waals surface area contributed by atoms with Crippen LogP contribution < -0.4 is 5.32 Å². The van der Waals surface area contributed by atoms with Crippen molar-refractivity contribution >= 4 is 29.0 Å². The Hall–Kier alpha value is -4.06. The summed E-state index contributed by atoms with van der Waals surface area (Å²) in [6.07, 6.45) is -0.442. The third-order valence-electron chi connectivity index (χ3n) is 3.94. The van der Waals surface area contributed by atoms with Crippen LogP contribution in [0.5, 0.6) is 0 Å². The summed E-state index contributed by atoms with van der Waals surface area (Å²) in [6.45, 7) is 0. The average molecular weight is 381 g/mol. The van der Waals surface area contributed by atoms with E-state index in [9.17, 15) is 24.5 Å². The Labute approximate surface area is 159 Å². The smallest absolute Gasteiger partial charge is 0.335 e. The highest BCUT2D eigenvalue weighted by molar-refractivity contribution is 6.01. The highest BCUT2D eigenvalue weighted by atomic mass is 16.6. The number of nitriles is 1. The maximum absolute atomic E-state index is 12.4. The molecule has 2 N–H and O–H groups in total. The zero-order chi connectivity index (χ0) is 20.7. The monoisotopic (exact) mass is 381 g/mol. The molecule has 0 fully saturated rings. The fourth-order valence-electron chi connectivity index (χ4n) is 2.42. The average Bonchev–Trinajstić information content (AvgIpc) is 2.68. The number of nitrogens with zero attached hydrogens (tertiary/aromatic N) is 2. The van der Waals surface area contributed by atoms with Crippen molar-refractivity contribution in [2.24, 2.45) is 5.92 Å². The van der Waals surface area contributed by atoms with Crippen molar-refractivity contribution in [3.63, 3.8) is 0 Å². The number of nitro groups is 1. The SMILES string of the molecule is N#CCC(CC(=O)c1ccc([N+](=O)[O-])cc1)C(=O)Nc1ccc(C(=O)O)cc1. The Kier molecular flexibility index (Phi) is 6.54. The molecule has 1 amide bonds. The first-order chi connectivity index (χ1) is 13.3. The molecule has 0 aliphatic carbocycles. The fraction of sp³-hybridized carbons (Fsp3) is 0.158. The van der Waals surface area contributed by atoms with E-state index < -0.39 is 28.5 Å². The second-order valence-electron chi connectivity index (χ2n) is 5.86. The number of hydrogen-bond acceptors (Lipinski definition) is 6. The first-order valence-electron chi connectivity index (χ1n) is 8.10. The number of anilines is 1. The van der Waals surface area contributed by atoms with Crippen LogP contribution in [0.4, 0.5) is 11.4 Å². The van der Waals surface area contributed by atoms with Gasteiger partial charge in [-0.05, 0) is 36.4 Å². The lowest BCUT2D eigenvalue weighted by atomic mass is 9.95. The van der Waals surface area contributed by atoms with E-state index in [0.717, 1.165) is 0 Å². The first-order valence-corrected chi connectivity index (χ1v) is 8.10. The summed E-state index contributed by atoms with van der Waals surface area (Å²) >= 11 is 0. The normalized spacial score (nSPS) is 11.1. The standard InChI is InChI=1S/C19H15N3O6/c20-10-9-14(11-17(23)12-3-7-16(8-4-12)22(27)28)18(24)21-15-5-1-13(2-6-15)19(25)26/h1-8,14H,9,11H2,(H,21,24)(H,25,26). The maximum Gasteiger partial charge on any atom is 0.335 e. The van der Waals surface area contributed by atoms with E-state index in [-0.39, 0.29) is 29.7 Å². The molecule has 28 heavy (non-hydrogen) atoms. The minimum absolute atomic E-state index is 0.0555. The minimum Gasteiger partial charge on any atom is -0.478 e. The van der Waals surface area contributed by atoms with Crippen molar-refractivity contribution in [1.82, 2.24) is 0 Å². The molecule has 142 valence electrons. The number of carboxylic acid groups (broad SMARTS) is 1. The summed E-state index contributed by atoms with van der Waals surface area (Å²) < 4.78 is 0. The largest absolute Gasteiger partial charge is 0.478 e. The van der Waals surface area contributed by atoms with Gasteiger partial charge in [-0.2, -0.15) is 5.26 Å². The van der Waals surface area contributed by atoms with Gasteiger partial charge >= 0.3 is 5.97 Å². The van der Waals surface area contributed by atoms with Gasteiger partial charge < -0.3 is 10.4 Å². The van der Waals surface area contributed by atoms with E-state index in [4.69, 9.17) is 10.4 Å². The topological polar surface area (TPSA) is 150 Å². The van der Waals surface area contributed by atoms with Gasteiger partial charge in [0, 0.05) is 36.2 Å². The number of non-ortho nitro benzene ring substituents is 1. The Morgan fingerprint density at radius 3 is 2.14 bits per heavy atom. The molecule has 0 radical (unpaired) electrons. The molecule has 2 rings (SSSR count). The zero-order valence-corrected chi connectivity index (χ0v) is 14.5. The number of Topliss-reactive ketones (excluding diaryl/α,β-unsaturated/α-hetero) is 1. The van der Waals surface area contributed by atoms with E-state index in [1.807, 2.05) is 6.07 Å². The number of carbonyl (C=O) groups is 3. The number of aromatic carboxylic acids is 1. The number of amides is 1. The second-order valence-corrected chi connectivity index (χ2v) is 5.86. The predicted octanol–water partition coefficient (Wildman–Crippen LogP) is 3.03. The Bertz CT molecular complexity index is 945. The highest BCUT2D eigenvalue weighted by Gasteiger charge is 2.23. The van der Waals surface area contributed by atoms with Crippen LogP contribution in [-0.4, -0.2) is 27.7 Å². The quantitative estimate of drug-likeness (QED) is 0.405. The van der Waals surface area contributed by atoms with Crippen LogP contribution >= 0.6 is 0 Å². The van der Waals surface area contributed by atoms with E-state index >= 15 is 0 Å². The molecule has 0 saturated heterocycles. The van der Waals surface area contributed by atoms with Crippen LogP contribution in [0.25, 0.3) is 0 Å². The van der Waals surface area contributed by atoms with Crippen LogP contribution in [0, 0.1) is 27.4 Å². The number of carbonyl (C=O) groups excluding carboxylic acids is 2. The molecular formula is C19H15N3O6. The Morgan fingerprint density at radius 2 is 1.64 bits per heavy atom. The van der Waals surface area contributed by atoms with Gasteiger partial charge in [0.2, 0.25) is 5.91 Å². The summed E-state index contributed by atoms with van der Waals surface area (Å²) in [4.78, 5) is 45.7. The lowest BCUT2D eigenvalue weighted by Crippen LogP contribution is -2.25. The summed E-state index contributed by atoms with van der Waals surface area (Å²) in [5.41, 5.74) is 0.431. The van der Waals surface area contributed by atoms with E-state index in [0.29, 0.717) is 5.69 Å². The molecule has 0 spiro atoms. The van der Waals surface area contributed by atoms with Crippen LogP contribution in [0.2, 0.25) is 0 Å². The lowest BCUT2D eigenvalue weighted by molar-refractivity contribution is -0.384. The molecule has 0 aliphatic rings.